The van der Waals surface area contributed by atoms with Gasteiger partial charge in [-0.25, -0.2) is 20.0 Å². The highest BCUT2D eigenvalue weighted by molar-refractivity contribution is 7.92. The smallest absolute Gasteiger partial charge is 0.322 e. The molecule has 0 N–H and O–H groups in total. The van der Waals surface area contributed by atoms with Gasteiger partial charge in [0, 0.05) is 38.9 Å². The van der Waals surface area contributed by atoms with Gasteiger partial charge < -0.3 is 9.47 Å². The molecule has 1 fully saturated rings. The average molecular weight is 431 g/mol. The van der Waals surface area contributed by atoms with Crippen molar-refractivity contribution >= 4 is 26.8 Å². The average Bonchev–Trinajstić information content (AvgIpc) is 3.05. The molecule has 1 atom stereocenters. The summed E-state index contributed by atoms with van der Waals surface area (Å²) in [5, 5.41) is -1.12. The third-order valence-electron chi connectivity index (χ3n) is 5.85. The normalized spacial score (nSPS) is 17.1. The molecule has 1 saturated heterocycles. The van der Waals surface area contributed by atoms with Gasteiger partial charge in [0.2, 0.25) is 5.91 Å². The summed E-state index contributed by atoms with van der Waals surface area (Å²) in [6.45, 7) is 18.7. The zero-order chi connectivity index (χ0) is 22.3. The fourth-order valence-corrected chi connectivity index (χ4v) is 5.07. The minimum absolute atomic E-state index is 0.124. The lowest BCUT2D eigenvalue weighted by atomic mass is 9.93. The highest BCUT2D eigenvalue weighted by Crippen LogP contribution is 2.31. The Bertz CT molecular complexity index is 1100. The molecule has 2 aromatic rings. The maximum absolute atomic E-state index is 12.6. The maximum Gasteiger partial charge on any atom is 0.322 e. The zero-order valence-electron chi connectivity index (χ0n) is 18.3. The molecule has 0 saturated carbocycles. The summed E-state index contributed by atoms with van der Waals surface area (Å²) in [6.07, 6.45) is 1.88. The number of piperidine rings is 1. The Hall–Kier alpha value is -2.40. The molecule has 1 aliphatic rings. The Balaban J connectivity index is 1.99. The number of hydrogen-bond donors (Lipinski definition) is 0. The van der Waals surface area contributed by atoms with Gasteiger partial charge in [0.15, 0.2) is 0 Å². The number of hydrogen-bond acceptors (Lipinski definition) is 4. The van der Waals surface area contributed by atoms with Crippen LogP contribution in [0.4, 0.5) is 0 Å². The summed E-state index contributed by atoms with van der Waals surface area (Å²) in [5.41, 5.74) is 1.34. The number of likely N-dealkylation sites (tertiary alicyclic amines) is 1. The molecule has 0 bridgehead atoms. The number of amides is 1. The topological polar surface area (TPSA) is 76.6 Å². The number of fused-ring (bicyclic) bond motifs is 1. The van der Waals surface area contributed by atoms with Crippen LogP contribution in [0.3, 0.4) is 0 Å². The first-order chi connectivity index (χ1) is 13.9. The van der Waals surface area contributed by atoms with Crippen molar-refractivity contribution in [3.05, 3.63) is 35.4 Å². The van der Waals surface area contributed by atoms with Gasteiger partial charge in [-0.05, 0) is 37.0 Å². The number of benzene rings is 1. The molecule has 1 amide bonds. The molecule has 0 radical (unpaired) electrons. The molecule has 1 aromatic heterocycles. The number of imidazole rings is 1. The van der Waals surface area contributed by atoms with Crippen LogP contribution in [0.15, 0.2) is 23.1 Å². The van der Waals surface area contributed by atoms with E-state index in [1.165, 1.54) is 6.92 Å². The van der Waals surface area contributed by atoms with Crippen molar-refractivity contribution in [2.45, 2.75) is 69.7 Å². The number of nitrogens with zero attached hydrogens (tertiary/aromatic N) is 4. The minimum atomic E-state index is -3.70. The Morgan fingerprint density at radius 2 is 1.93 bits per heavy atom. The Morgan fingerprint density at radius 3 is 2.47 bits per heavy atom. The Labute approximate surface area is 178 Å². The van der Waals surface area contributed by atoms with Gasteiger partial charge >= 0.3 is 5.37 Å². The summed E-state index contributed by atoms with van der Waals surface area (Å²) in [5.74, 6) is 1.48. The van der Waals surface area contributed by atoms with Crippen molar-refractivity contribution < 1.29 is 13.2 Å². The number of rotatable bonds is 4. The lowest BCUT2D eigenvalue weighted by Crippen LogP contribution is -2.38. The molecule has 1 aliphatic heterocycles. The molecule has 8 heteroatoms. The first-order valence-electron chi connectivity index (χ1n) is 10.3. The molecular weight excluding hydrogens is 400 g/mol. The van der Waals surface area contributed by atoms with E-state index in [0.717, 1.165) is 43.8 Å². The second-order valence-corrected chi connectivity index (χ2v) is 11.4. The van der Waals surface area contributed by atoms with E-state index in [2.05, 4.69) is 30.2 Å². The molecule has 0 aliphatic carbocycles. The van der Waals surface area contributed by atoms with Crippen LogP contribution < -0.4 is 0 Å². The van der Waals surface area contributed by atoms with E-state index in [0.29, 0.717) is 11.4 Å². The molecule has 3 rings (SSSR count). The second-order valence-electron chi connectivity index (χ2n) is 9.17. The fraction of sp³-hybridized carbons (Fsp3) is 0.591. The molecule has 30 heavy (non-hydrogen) atoms. The molecule has 7 nitrogen and oxygen atoms in total. The molecular formula is C22H30N4O3S. The van der Waals surface area contributed by atoms with Crippen LogP contribution in [-0.4, -0.2) is 47.2 Å². The molecule has 162 valence electrons. The van der Waals surface area contributed by atoms with E-state index in [1.807, 2.05) is 11.0 Å². The Morgan fingerprint density at radius 1 is 1.30 bits per heavy atom. The number of sulfone groups is 1. The lowest BCUT2D eigenvalue weighted by Gasteiger charge is -2.32. The predicted molar refractivity (Wildman–Crippen MR) is 117 cm³/mol. The largest absolute Gasteiger partial charge is 0.343 e. The van der Waals surface area contributed by atoms with Gasteiger partial charge in [0.05, 0.1) is 15.9 Å². The third kappa shape index (κ3) is 4.22. The fourth-order valence-electron chi connectivity index (χ4n) is 4.00. The first kappa shape index (κ1) is 22.3. The predicted octanol–water partition coefficient (Wildman–Crippen LogP) is 3.63. The van der Waals surface area contributed by atoms with E-state index < -0.39 is 15.2 Å². The first-order valence-corrected chi connectivity index (χ1v) is 11.9. The van der Waals surface area contributed by atoms with Gasteiger partial charge in [-0.1, -0.05) is 20.8 Å². The van der Waals surface area contributed by atoms with E-state index in [-0.39, 0.29) is 16.2 Å². The zero-order valence-corrected chi connectivity index (χ0v) is 19.2. The van der Waals surface area contributed by atoms with Crippen molar-refractivity contribution in [3.8, 4) is 0 Å². The molecule has 2 heterocycles. The van der Waals surface area contributed by atoms with Crippen LogP contribution in [0, 0.1) is 12.5 Å². The van der Waals surface area contributed by atoms with Gasteiger partial charge in [-0.15, -0.1) is 0 Å². The van der Waals surface area contributed by atoms with E-state index in [1.54, 1.807) is 19.1 Å². The monoisotopic (exact) mass is 430 g/mol. The van der Waals surface area contributed by atoms with Crippen LogP contribution in [-0.2, 0) is 26.6 Å². The van der Waals surface area contributed by atoms with Crippen LogP contribution in [0.25, 0.3) is 15.9 Å². The van der Waals surface area contributed by atoms with Gasteiger partial charge in [0.1, 0.15) is 5.82 Å². The molecule has 0 spiro atoms. The van der Waals surface area contributed by atoms with Crippen LogP contribution in [0.1, 0.15) is 53.3 Å². The highest BCUT2D eigenvalue weighted by atomic mass is 32.2. The van der Waals surface area contributed by atoms with Gasteiger partial charge in [-0.2, -0.15) is 0 Å². The van der Waals surface area contributed by atoms with E-state index in [4.69, 9.17) is 11.6 Å². The van der Waals surface area contributed by atoms with E-state index >= 15 is 0 Å². The highest BCUT2D eigenvalue weighted by Gasteiger charge is 2.30. The second kappa shape index (κ2) is 8.03. The van der Waals surface area contributed by atoms with Gasteiger partial charge in [0.25, 0.3) is 9.84 Å². The summed E-state index contributed by atoms with van der Waals surface area (Å²) < 4.78 is 27.4. The van der Waals surface area contributed by atoms with Crippen LogP contribution >= 0.6 is 0 Å². The third-order valence-corrected chi connectivity index (χ3v) is 7.77. The number of carbonyl (C=O) groups is 1. The van der Waals surface area contributed by atoms with Gasteiger partial charge in [-0.3, -0.25) is 9.64 Å². The lowest BCUT2D eigenvalue weighted by molar-refractivity contribution is -0.130. The molecule has 1 unspecified atom stereocenters. The van der Waals surface area contributed by atoms with Crippen LogP contribution in [0.2, 0.25) is 0 Å². The van der Waals surface area contributed by atoms with Crippen molar-refractivity contribution in [1.29, 1.82) is 0 Å². The maximum atomic E-state index is 12.6. The Kier molecular flexibility index (Phi) is 5.96. The summed E-state index contributed by atoms with van der Waals surface area (Å²) in [4.78, 5) is 21.6. The summed E-state index contributed by atoms with van der Waals surface area (Å²) in [7, 11) is -3.70. The standard InChI is InChI=1S/C22H30N4O3S/c1-15(23-6)30(28,29)18-7-8-20-19(13-18)24-21(22(3,4)5)26(20)14-17-9-11-25(12-10-17)16(2)27/h7-8,13,15,17H,9-12,14H2,1-5H3. The van der Waals surface area contributed by atoms with Crippen LogP contribution in [0.5, 0.6) is 0 Å². The van der Waals surface area contributed by atoms with Crippen molar-refractivity contribution in [1.82, 2.24) is 14.5 Å². The summed E-state index contributed by atoms with van der Waals surface area (Å²) in [6, 6.07) is 4.99. The van der Waals surface area contributed by atoms with E-state index in [9.17, 15) is 13.2 Å². The SMILES string of the molecule is [C-]#[N+]C(C)S(=O)(=O)c1ccc2c(c1)nc(C(C)(C)C)n2CC1CCN(C(C)=O)CC1. The number of aromatic nitrogens is 2. The van der Waals surface area contributed by atoms with Crippen molar-refractivity contribution in [3.63, 3.8) is 0 Å². The van der Waals surface area contributed by atoms with Crippen molar-refractivity contribution in [2.24, 2.45) is 5.92 Å². The quantitative estimate of drug-likeness (QED) is 0.694. The summed E-state index contributed by atoms with van der Waals surface area (Å²) >= 11 is 0. The molecule has 1 aromatic carbocycles. The number of carbonyl (C=O) groups excluding carboxylic acids is 1. The van der Waals surface area contributed by atoms with Crippen molar-refractivity contribution in [2.75, 3.05) is 13.1 Å². The minimum Gasteiger partial charge on any atom is -0.343 e.